The summed E-state index contributed by atoms with van der Waals surface area (Å²) in [5.74, 6) is 3.05. The first-order valence-corrected chi connectivity index (χ1v) is 7.91. The van der Waals surface area contributed by atoms with Crippen LogP contribution >= 0.6 is 12.2 Å². The van der Waals surface area contributed by atoms with E-state index in [0.717, 1.165) is 29.2 Å². The van der Waals surface area contributed by atoms with Crippen LogP contribution in [0.4, 0.5) is 0 Å². The number of thiocarbonyl (C=S) groups is 1. The summed E-state index contributed by atoms with van der Waals surface area (Å²) in [6, 6.07) is 0. The van der Waals surface area contributed by atoms with Gasteiger partial charge in [0.1, 0.15) is 0 Å². The molecule has 0 saturated heterocycles. The van der Waals surface area contributed by atoms with E-state index in [1.54, 1.807) is 0 Å². The van der Waals surface area contributed by atoms with E-state index < -0.39 is 0 Å². The third-order valence-corrected chi connectivity index (χ3v) is 5.51. The Bertz CT molecular complexity index is 275. The molecule has 4 saturated carbocycles. The van der Waals surface area contributed by atoms with Crippen molar-refractivity contribution in [1.29, 1.82) is 0 Å². The van der Waals surface area contributed by atoms with Crippen LogP contribution in [-0.4, -0.2) is 10.5 Å². The molecular formula is C15H25NS. The molecule has 0 aromatic rings. The van der Waals surface area contributed by atoms with Gasteiger partial charge < -0.3 is 5.32 Å². The van der Waals surface area contributed by atoms with Gasteiger partial charge in [0, 0.05) is 5.54 Å². The van der Waals surface area contributed by atoms with Crippen molar-refractivity contribution in [3.8, 4) is 0 Å². The molecule has 4 bridgehead atoms. The normalized spacial score (nSPS) is 42.8. The second kappa shape index (κ2) is 4.53. The zero-order valence-electron chi connectivity index (χ0n) is 11.0. The van der Waals surface area contributed by atoms with Crippen molar-refractivity contribution in [2.75, 3.05) is 0 Å². The summed E-state index contributed by atoms with van der Waals surface area (Å²) in [7, 11) is 0. The molecule has 96 valence electrons. The van der Waals surface area contributed by atoms with Crippen molar-refractivity contribution >= 4 is 17.2 Å². The van der Waals surface area contributed by atoms with Crippen molar-refractivity contribution in [2.24, 2.45) is 17.8 Å². The molecule has 0 aromatic carbocycles. The second-order valence-corrected chi connectivity index (χ2v) is 7.34. The average molecular weight is 251 g/mol. The maximum atomic E-state index is 5.54. The quantitative estimate of drug-likeness (QED) is 0.756. The van der Waals surface area contributed by atoms with E-state index in [2.05, 4.69) is 12.2 Å². The Labute approximate surface area is 111 Å². The minimum Gasteiger partial charge on any atom is -0.374 e. The fourth-order valence-electron chi connectivity index (χ4n) is 4.96. The molecule has 4 rings (SSSR count). The van der Waals surface area contributed by atoms with Gasteiger partial charge in [-0.15, -0.1) is 0 Å². The minimum atomic E-state index is 0.430. The third-order valence-electron chi connectivity index (χ3n) is 5.20. The molecule has 0 radical (unpaired) electrons. The Kier molecular flexibility index (Phi) is 3.18. The molecule has 0 unspecified atom stereocenters. The highest BCUT2D eigenvalue weighted by Crippen LogP contribution is 2.55. The number of rotatable bonds is 4. The lowest BCUT2D eigenvalue weighted by Crippen LogP contribution is -2.59. The van der Waals surface area contributed by atoms with Gasteiger partial charge in [-0.05, 0) is 69.1 Å². The SMILES string of the molecule is CCCCC(=S)NC12CC3CC(CC(C3)C1)C2. The monoisotopic (exact) mass is 251 g/mol. The van der Waals surface area contributed by atoms with Crippen LogP contribution in [-0.2, 0) is 0 Å². The van der Waals surface area contributed by atoms with Crippen molar-refractivity contribution in [2.45, 2.75) is 70.3 Å². The van der Waals surface area contributed by atoms with Crippen LogP contribution in [0.25, 0.3) is 0 Å². The van der Waals surface area contributed by atoms with Crippen molar-refractivity contribution < 1.29 is 0 Å². The molecule has 4 fully saturated rings. The van der Waals surface area contributed by atoms with Crippen LogP contribution in [0.5, 0.6) is 0 Å². The maximum Gasteiger partial charge on any atom is 0.0757 e. The van der Waals surface area contributed by atoms with E-state index in [1.165, 1.54) is 51.4 Å². The Morgan fingerprint density at radius 3 is 2.12 bits per heavy atom. The number of hydrogen-bond donors (Lipinski definition) is 1. The van der Waals surface area contributed by atoms with Gasteiger partial charge in [0.25, 0.3) is 0 Å². The van der Waals surface area contributed by atoms with Gasteiger partial charge in [-0.2, -0.15) is 0 Å². The molecule has 0 spiro atoms. The highest BCUT2D eigenvalue weighted by Gasteiger charge is 2.50. The second-order valence-electron chi connectivity index (χ2n) is 6.85. The highest BCUT2D eigenvalue weighted by molar-refractivity contribution is 7.80. The molecule has 0 heterocycles. The molecule has 0 atom stereocenters. The van der Waals surface area contributed by atoms with Crippen LogP contribution in [0.3, 0.4) is 0 Å². The minimum absolute atomic E-state index is 0.430. The molecule has 0 aromatic heterocycles. The molecule has 4 aliphatic carbocycles. The topological polar surface area (TPSA) is 12.0 Å². The van der Waals surface area contributed by atoms with Gasteiger partial charge >= 0.3 is 0 Å². The third kappa shape index (κ3) is 2.38. The first kappa shape index (κ1) is 12.0. The lowest BCUT2D eigenvalue weighted by atomic mass is 9.53. The van der Waals surface area contributed by atoms with Gasteiger partial charge in [-0.25, -0.2) is 0 Å². The Hall–Kier alpha value is -0.110. The largest absolute Gasteiger partial charge is 0.374 e. The average Bonchev–Trinajstić information content (AvgIpc) is 2.23. The van der Waals surface area contributed by atoms with Crippen LogP contribution < -0.4 is 5.32 Å². The van der Waals surface area contributed by atoms with Gasteiger partial charge in [-0.3, -0.25) is 0 Å². The summed E-state index contributed by atoms with van der Waals surface area (Å²) in [6.45, 7) is 2.24. The molecule has 1 N–H and O–H groups in total. The van der Waals surface area contributed by atoms with Crippen molar-refractivity contribution in [1.82, 2.24) is 5.32 Å². The zero-order chi connectivity index (χ0) is 11.9. The van der Waals surface area contributed by atoms with Gasteiger partial charge in [0.05, 0.1) is 4.99 Å². The Balaban J connectivity index is 1.64. The van der Waals surface area contributed by atoms with E-state index in [-0.39, 0.29) is 0 Å². The fraction of sp³-hybridized carbons (Fsp3) is 0.933. The van der Waals surface area contributed by atoms with Crippen LogP contribution in [0, 0.1) is 17.8 Å². The first-order valence-electron chi connectivity index (χ1n) is 7.50. The molecule has 2 heteroatoms. The molecule has 0 aliphatic heterocycles. The molecular weight excluding hydrogens is 226 g/mol. The van der Waals surface area contributed by atoms with E-state index in [0.29, 0.717) is 5.54 Å². The lowest BCUT2D eigenvalue weighted by Gasteiger charge is -2.57. The van der Waals surface area contributed by atoms with E-state index in [9.17, 15) is 0 Å². The maximum absolute atomic E-state index is 5.54. The smallest absolute Gasteiger partial charge is 0.0757 e. The zero-order valence-corrected chi connectivity index (χ0v) is 11.8. The summed E-state index contributed by atoms with van der Waals surface area (Å²) < 4.78 is 0. The summed E-state index contributed by atoms with van der Waals surface area (Å²) in [5.41, 5.74) is 0.430. The first-order chi connectivity index (χ1) is 8.19. The molecule has 0 amide bonds. The highest BCUT2D eigenvalue weighted by atomic mass is 32.1. The van der Waals surface area contributed by atoms with Crippen molar-refractivity contribution in [3.63, 3.8) is 0 Å². The Morgan fingerprint density at radius 2 is 1.65 bits per heavy atom. The van der Waals surface area contributed by atoms with Gasteiger partial charge in [0.15, 0.2) is 0 Å². The van der Waals surface area contributed by atoms with Gasteiger partial charge in [-0.1, -0.05) is 25.6 Å². The van der Waals surface area contributed by atoms with E-state index >= 15 is 0 Å². The number of hydrogen-bond acceptors (Lipinski definition) is 1. The number of nitrogens with one attached hydrogen (secondary N) is 1. The molecule has 4 aliphatic rings. The number of unbranched alkanes of at least 4 members (excludes halogenated alkanes) is 1. The molecule has 1 nitrogen and oxygen atoms in total. The Morgan fingerprint density at radius 1 is 1.12 bits per heavy atom. The lowest BCUT2D eigenvalue weighted by molar-refractivity contribution is -0.00996. The predicted octanol–water partition coefficient (Wildman–Crippen LogP) is 4.06. The standard InChI is InChI=1S/C15H25NS/c1-2-3-4-14(17)16-15-8-11-5-12(9-15)7-13(6-11)10-15/h11-13H,2-10H2,1H3,(H,16,17). The van der Waals surface area contributed by atoms with Gasteiger partial charge in [0.2, 0.25) is 0 Å². The van der Waals surface area contributed by atoms with Crippen LogP contribution in [0.15, 0.2) is 0 Å². The molecule has 17 heavy (non-hydrogen) atoms. The summed E-state index contributed by atoms with van der Waals surface area (Å²) in [5, 5.41) is 3.79. The predicted molar refractivity (Wildman–Crippen MR) is 76.2 cm³/mol. The van der Waals surface area contributed by atoms with E-state index in [1.807, 2.05) is 0 Å². The fourth-order valence-corrected chi connectivity index (χ4v) is 5.32. The van der Waals surface area contributed by atoms with Crippen LogP contribution in [0.1, 0.15) is 64.7 Å². The van der Waals surface area contributed by atoms with Crippen LogP contribution in [0.2, 0.25) is 0 Å². The summed E-state index contributed by atoms with van der Waals surface area (Å²) in [6.07, 6.45) is 12.4. The van der Waals surface area contributed by atoms with E-state index in [4.69, 9.17) is 12.2 Å². The van der Waals surface area contributed by atoms with Crippen molar-refractivity contribution in [3.05, 3.63) is 0 Å². The summed E-state index contributed by atoms with van der Waals surface area (Å²) in [4.78, 5) is 1.15. The summed E-state index contributed by atoms with van der Waals surface area (Å²) >= 11 is 5.54.